The number of thioether (sulfide) groups is 1. The van der Waals surface area contributed by atoms with Crippen molar-refractivity contribution in [2.75, 3.05) is 17.7 Å². The van der Waals surface area contributed by atoms with E-state index in [9.17, 15) is 9.59 Å². The van der Waals surface area contributed by atoms with Gasteiger partial charge in [0, 0.05) is 18.0 Å². The maximum atomic E-state index is 12.4. The van der Waals surface area contributed by atoms with Crippen molar-refractivity contribution in [1.29, 1.82) is 0 Å². The number of nitrogens with zero attached hydrogens (tertiary/aromatic N) is 3. The van der Waals surface area contributed by atoms with Crippen molar-refractivity contribution < 1.29 is 14.3 Å². The number of carbonyl (C=O) groups excluding carboxylic acids is 2. The normalized spacial score (nSPS) is 10.8. The van der Waals surface area contributed by atoms with Gasteiger partial charge >= 0.3 is 0 Å². The topological polar surface area (TPSA) is 112 Å². The zero-order valence-electron chi connectivity index (χ0n) is 17.9. The van der Waals surface area contributed by atoms with Gasteiger partial charge < -0.3 is 20.4 Å². The Morgan fingerprint density at radius 2 is 1.97 bits per heavy atom. The van der Waals surface area contributed by atoms with E-state index in [4.69, 9.17) is 33.7 Å². The lowest BCUT2D eigenvalue weighted by Crippen LogP contribution is -2.19. The molecule has 174 valence electrons. The number of rotatable bonds is 11. The van der Waals surface area contributed by atoms with Crippen molar-refractivity contribution in [2.45, 2.75) is 31.5 Å². The second kappa shape index (κ2) is 11.9. The van der Waals surface area contributed by atoms with Gasteiger partial charge in [0.25, 0.3) is 5.91 Å². The molecular formula is C22H23Cl2N5O3S. The Morgan fingerprint density at radius 1 is 1.18 bits per heavy atom. The van der Waals surface area contributed by atoms with Gasteiger partial charge in [-0.05, 0) is 43.7 Å². The van der Waals surface area contributed by atoms with E-state index in [1.807, 2.05) is 11.5 Å². The molecule has 11 heteroatoms. The molecule has 0 bridgehead atoms. The van der Waals surface area contributed by atoms with Crippen molar-refractivity contribution in [1.82, 2.24) is 14.8 Å². The Balaban J connectivity index is 1.51. The van der Waals surface area contributed by atoms with Crippen LogP contribution in [0.15, 0.2) is 47.6 Å². The second-order valence-electron chi connectivity index (χ2n) is 6.92. The van der Waals surface area contributed by atoms with Crippen molar-refractivity contribution in [3.8, 4) is 5.75 Å². The second-order valence-corrected chi connectivity index (χ2v) is 8.70. The smallest absolute Gasteiger partial charge is 0.250 e. The van der Waals surface area contributed by atoms with E-state index in [-0.39, 0.29) is 17.2 Å². The maximum absolute atomic E-state index is 12.4. The molecule has 0 spiro atoms. The summed E-state index contributed by atoms with van der Waals surface area (Å²) >= 11 is 13.3. The van der Waals surface area contributed by atoms with Crippen LogP contribution in [0.2, 0.25) is 10.0 Å². The SMILES string of the molecule is CCn1c(CCCOc2ccc(Cl)cc2Cl)nnc1SCC(=O)Nc1ccccc1C(N)=O. The summed E-state index contributed by atoms with van der Waals surface area (Å²) in [6, 6.07) is 11.7. The van der Waals surface area contributed by atoms with Crippen molar-refractivity contribution in [3.63, 3.8) is 0 Å². The van der Waals surface area contributed by atoms with Gasteiger partial charge in [-0.3, -0.25) is 9.59 Å². The molecule has 0 saturated carbocycles. The third-order valence-corrected chi connectivity index (χ3v) is 6.10. The molecule has 1 aromatic heterocycles. The Labute approximate surface area is 205 Å². The average Bonchev–Trinajstić information content (AvgIpc) is 3.18. The predicted molar refractivity (Wildman–Crippen MR) is 130 cm³/mol. The molecule has 0 atom stereocenters. The largest absolute Gasteiger partial charge is 0.492 e. The van der Waals surface area contributed by atoms with Gasteiger partial charge in [-0.25, -0.2) is 0 Å². The Morgan fingerprint density at radius 3 is 2.70 bits per heavy atom. The number of primary amides is 1. The first-order valence-corrected chi connectivity index (χ1v) is 11.9. The maximum Gasteiger partial charge on any atom is 0.250 e. The van der Waals surface area contributed by atoms with Gasteiger partial charge in [-0.1, -0.05) is 47.1 Å². The first-order valence-electron chi connectivity index (χ1n) is 10.2. The van der Waals surface area contributed by atoms with Crippen LogP contribution in [0.3, 0.4) is 0 Å². The molecule has 0 fully saturated rings. The van der Waals surface area contributed by atoms with Crippen molar-refractivity contribution >= 4 is 52.5 Å². The number of para-hydroxylation sites is 1. The summed E-state index contributed by atoms with van der Waals surface area (Å²) in [4.78, 5) is 23.9. The fraction of sp³-hybridized carbons (Fsp3) is 0.273. The Kier molecular flexibility index (Phi) is 8.99. The fourth-order valence-electron chi connectivity index (χ4n) is 3.06. The van der Waals surface area contributed by atoms with Crippen LogP contribution in [0.1, 0.15) is 29.5 Å². The molecule has 2 aromatic carbocycles. The number of amides is 2. The fourth-order valence-corrected chi connectivity index (χ4v) is 4.34. The molecule has 0 saturated heterocycles. The van der Waals surface area contributed by atoms with Crippen LogP contribution < -0.4 is 15.8 Å². The van der Waals surface area contributed by atoms with E-state index >= 15 is 0 Å². The summed E-state index contributed by atoms with van der Waals surface area (Å²) in [5.74, 6) is 0.637. The van der Waals surface area contributed by atoms with Gasteiger partial charge in [0.2, 0.25) is 5.91 Å². The first kappa shape index (κ1) is 24.9. The molecule has 0 aliphatic carbocycles. The molecule has 0 radical (unpaired) electrons. The number of nitrogens with one attached hydrogen (secondary N) is 1. The summed E-state index contributed by atoms with van der Waals surface area (Å²) in [6.45, 7) is 3.12. The van der Waals surface area contributed by atoms with E-state index < -0.39 is 5.91 Å². The summed E-state index contributed by atoms with van der Waals surface area (Å²) < 4.78 is 7.68. The number of anilines is 1. The highest BCUT2D eigenvalue weighted by molar-refractivity contribution is 7.99. The third kappa shape index (κ3) is 6.86. The summed E-state index contributed by atoms with van der Waals surface area (Å²) in [5, 5.41) is 12.9. The van der Waals surface area contributed by atoms with Crippen LogP contribution in [0, 0.1) is 0 Å². The van der Waals surface area contributed by atoms with Crippen LogP contribution in [-0.4, -0.2) is 38.9 Å². The van der Waals surface area contributed by atoms with Gasteiger partial charge in [0.1, 0.15) is 11.6 Å². The quantitative estimate of drug-likeness (QED) is 0.293. The number of aryl methyl sites for hydroxylation is 1. The molecular weight excluding hydrogens is 485 g/mol. The minimum absolute atomic E-state index is 0.114. The Hall–Kier alpha value is -2.75. The first-order chi connectivity index (χ1) is 15.9. The van der Waals surface area contributed by atoms with Crippen molar-refractivity contribution in [3.05, 3.63) is 63.9 Å². The summed E-state index contributed by atoms with van der Waals surface area (Å²) in [5.41, 5.74) is 6.00. The zero-order valence-corrected chi connectivity index (χ0v) is 20.2. The monoisotopic (exact) mass is 507 g/mol. The number of benzene rings is 2. The average molecular weight is 508 g/mol. The van der Waals surface area contributed by atoms with Crippen LogP contribution in [0.25, 0.3) is 0 Å². The van der Waals surface area contributed by atoms with Crippen LogP contribution >= 0.6 is 35.0 Å². The van der Waals surface area contributed by atoms with Crippen LogP contribution in [0.5, 0.6) is 5.75 Å². The van der Waals surface area contributed by atoms with E-state index in [1.54, 1.807) is 42.5 Å². The van der Waals surface area contributed by atoms with Gasteiger partial charge in [-0.15, -0.1) is 10.2 Å². The molecule has 1 heterocycles. The van der Waals surface area contributed by atoms with Gasteiger partial charge in [-0.2, -0.15) is 0 Å². The molecule has 2 amide bonds. The number of halogens is 2. The summed E-state index contributed by atoms with van der Waals surface area (Å²) in [6.07, 6.45) is 1.37. The van der Waals surface area contributed by atoms with Crippen LogP contribution in [0.4, 0.5) is 5.69 Å². The lowest BCUT2D eigenvalue weighted by molar-refractivity contribution is -0.113. The third-order valence-electron chi connectivity index (χ3n) is 4.60. The molecule has 0 aliphatic heterocycles. The highest BCUT2D eigenvalue weighted by atomic mass is 35.5. The number of ether oxygens (including phenoxy) is 1. The predicted octanol–water partition coefficient (Wildman–Crippen LogP) is 4.45. The highest BCUT2D eigenvalue weighted by Gasteiger charge is 2.15. The Bertz CT molecular complexity index is 1140. The van der Waals surface area contributed by atoms with E-state index in [1.165, 1.54) is 11.8 Å². The number of hydrogen-bond acceptors (Lipinski definition) is 6. The highest BCUT2D eigenvalue weighted by Crippen LogP contribution is 2.27. The minimum atomic E-state index is -0.601. The molecule has 0 unspecified atom stereocenters. The number of hydrogen-bond donors (Lipinski definition) is 2. The molecule has 3 rings (SSSR count). The number of nitrogens with two attached hydrogens (primary N) is 1. The standard InChI is InChI=1S/C22H23Cl2N5O3S/c1-2-29-19(8-5-11-32-18-10-9-14(23)12-16(18)24)27-28-22(29)33-13-20(30)26-17-7-4-3-6-15(17)21(25)31/h3-4,6-7,9-10,12H,2,5,8,11,13H2,1H3,(H2,25,31)(H,26,30). The lowest BCUT2D eigenvalue weighted by atomic mass is 10.1. The van der Waals surface area contributed by atoms with Gasteiger partial charge in [0.05, 0.1) is 28.6 Å². The zero-order chi connectivity index (χ0) is 23.8. The van der Waals surface area contributed by atoms with Gasteiger partial charge in [0.15, 0.2) is 5.16 Å². The molecule has 3 aromatic rings. The molecule has 3 N–H and O–H groups in total. The van der Waals surface area contributed by atoms with Crippen molar-refractivity contribution in [2.24, 2.45) is 5.73 Å². The minimum Gasteiger partial charge on any atom is -0.492 e. The van der Waals surface area contributed by atoms with E-state index in [2.05, 4.69) is 15.5 Å². The summed E-state index contributed by atoms with van der Waals surface area (Å²) in [7, 11) is 0. The molecule has 33 heavy (non-hydrogen) atoms. The van der Waals surface area contributed by atoms with E-state index in [0.29, 0.717) is 52.6 Å². The van der Waals surface area contributed by atoms with Crippen LogP contribution in [-0.2, 0) is 17.8 Å². The molecule has 8 nitrogen and oxygen atoms in total. The number of aromatic nitrogens is 3. The number of carbonyl (C=O) groups is 2. The van der Waals surface area contributed by atoms with E-state index in [0.717, 1.165) is 5.82 Å². The lowest BCUT2D eigenvalue weighted by Gasteiger charge is -2.10. The molecule has 0 aliphatic rings.